The Morgan fingerprint density at radius 2 is 1.72 bits per heavy atom. The molecule has 0 spiro atoms. The molecule has 5 heteroatoms. The molecule has 2 rings (SSSR count). The van der Waals surface area contributed by atoms with E-state index in [1.807, 2.05) is 24.3 Å². The smallest absolute Gasteiger partial charge is 0.239 e. The molecule has 0 aliphatic carbocycles. The molecule has 96 valence electrons. The first kappa shape index (κ1) is 12.9. The molecule has 1 aromatic heterocycles. The zero-order valence-electron chi connectivity index (χ0n) is 10.4. The number of rotatable bonds is 3. The predicted octanol–water partition coefficient (Wildman–Crippen LogP) is 2.25. The van der Waals surface area contributed by atoms with Crippen LogP contribution >= 0.6 is 0 Å². The molecular formula is C13H16N2O2S. The highest BCUT2D eigenvalue weighted by Crippen LogP contribution is 2.18. The standard InChI is InChI=1S/C13H16N2O2S/c1-10(2)11-3-5-12(6-4-11)15-8-7-13(9-15)18(14,16)17/h3-10H,1-2H3,(H2,14,16,17). The first-order valence-electron chi connectivity index (χ1n) is 5.69. The van der Waals surface area contributed by atoms with Gasteiger partial charge in [0.25, 0.3) is 0 Å². The van der Waals surface area contributed by atoms with E-state index in [1.165, 1.54) is 17.8 Å². The Balaban J connectivity index is 2.35. The van der Waals surface area contributed by atoms with Crippen molar-refractivity contribution in [3.8, 4) is 5.69 Å². The third kappa shape index (κ3) is 2.63. The lowest BCUT2D eigenvalue weighted by molar-refractivity contribution is 0.598. The van der Waals surface area contributed by atoms with E-state index >= 15 is 0 Å². The maximum Gasteiger partial charge on any atom is 0.239 e. The monoisotopic (exact) mass is 264 g/mol. The molecule has 0 aliphatic rings. The molecule has 4 nitrogen and oxygen atoms in total. The molecule has 1 heterocycles. The number of hydrogen-bond donors (Lipinski definition) is 1. The molecule has 2 N–H and O–H groups in total. The van der Waals surface area contributed by atoms with Crippen LogP contribution in [0.5, 0.6) is 0 Å². The Morgan fingerprint density at radius 1 is 1.11 bits per heavy atom. The Bertz CT molecular complexity index is 640. The van der Waals surface area contributed by atoms with Gasteiger partial charge in [-0.15, -0.1) is 0 Å². The van der Waals surface area contributed by atoms with Crippen LogP contribution in [0.4, 0.5) is 0 Å². The molecule has 0 atom stereocenters. The van der Waals surface area contributed by atoms with Crippen LogP contribution in [0.25, 0.3) is 5.69 Å². The summed E-state index contributed by atoms with van der Waals surface area (Å²) in [5, 5.41) is 5.07. The maximum atomic E-state index is 11.2. The molecule has 2 aromatic rings. The van der Waals surface area contributed by atoms with Crippen molar-refractivity contribution in [2.24, 2.45) is 5.14 Å². The van der Waals surface area contributed by atoms with Crippen molar-refractivity contribution >= 4 is 10.0 Å². The van der Waals surface area contributed by atoms with Gasteiger partial charge in [-0.1, -0.05) is 26.0 Å². The summed E-state index contributed by atoms with van der Waals surface area (Å²) >= 11 is 0. The molecular weight excluding hydrogens is 248 g/mol. The average Bonchev–Trinajstić information content (AvgIpc) is 2.78. The number of nitrogens with two attached hydrogens (primary N) is 1. The largest absolute Gasteiger partial charge is 0.322 e. The van der Waals surface area contributed by atoms with Gasteiger partial charge in [0.05, 0.1) is 4.90 Å². The highest BCUT2D eigenvalue weighted by molar-refractivity contribution is 7.89. The second-order valence-electron chi connectivity index (χ2n) is 4.55. The second kappa shape index (κ2) is 4.59. The van der Waals surface area contributed by atoms with E-state index < -0.39 is 10.0 Å². The second-order valence-corrected chi connectivity index (χ2v) is 6.11. The fraction of sp³-hybridized carbons (Fsp3) is 0.231. The van der Waals surface area contributed by atoms with Gasteiger partial charge in [0.1, 0.15) is 0 Å². The molecule has 18 heavy (non-hydrogen) atoms. The zero-order valence-corrected chi connectivity index (χ0v) is 11.2. The summed E-state index contributed by atoms with van der Waals surface area (Å²) in [6, 6.07) is 9.49. The number of nitrogens with zero attached hydrogens (tertiary/aromatic N) is 1. The van der Waals surface area contributed by atoms with Gasteiger partial charge in [0, 0.05) is 18.1 Å². The molecule has 0 saturated heterocycles. The van der Waals surface area contributed by atoms with Gasteiger partial charge in [0.15, 0.2) is 0 Å². The molecule has 0 fully saturated rings. The molecule has 0 aliphatic heterocycles. The van der Waals surface area contributed by atoms with Crippen LogP contribution in [-0.2, 0) is 10.0 Å². The van der Waals surface area contributed by atoms with Gasteiger partial charge in [-0.25, -0.2) is 13.6 Å². The first-order valence-corrected chi connectivity index (χ1v) is 7.23. The molecule has 1 aromatic carbocycles. The Kier molecular flexibility index (Phi) is 3.28. The van der Waals surface area contributed by atoms with Crippen molar-refractivity contribution in [2.45, 2.75) is 24.7 Å². The Hall–Kier alpha value is -1.59. The summed E-state index contributed by atoms with van der Waals surface area (Å²) in [7, 11) is -3.63. The minimum atomic E-state index is -3.63. The number of primary sulfonamides is 1. The topological polar surface area (TPSA) is 65.1 Å². The number of hydrogen-bond acceptors (Lipinski definition) is 2. The van der Waals surface area contributed by atoms with E-state index in [4.69, 9.17) is 5.14 Å². The minimum Gasteiger partial charge on any atom is -0.322 e. The lowest BCUT2D eigenvalue weighted by Crippen LogP contribution is -2.11. The van der Waals surface area contributed by atoms with Crippen LogP contribution in [0.1, 0.15) is 25.3 Å². The lowest BCUT2D eigenvalue weighted by atomic mass is 10.0. The molecule has 0 unspecified atom stereocenters. The Morgan fingerprint density at radius 3 is 2.17 bits per heavy atom. The highest BCUT2D eigenvalue weighted by Gasteiger charge is 2.09. The quantitative estimate of drug-likeness (QED) is 0.924. The fourth-order valence-corrected chi connectivity index (χ4v) is 2.25. The number of benzene rings is 1. The maximum absolute atomic E-state index is 11.2. The van der Waals surface area contributed by atoms with E-state index in [-0.39, 0.29) is 4.90 Å². The SMILES string of the molecule is CC(C)c1ccc(-n2ccc(S(N)(=O)=O)c2)cc1. The van der Waals surface area contributed by atoms with Gasteiger partial charge in [-0.05, 0) is 29.7 Å². The van der Waals surface area contributed by atoms with E-state index in [0.29, 0.717) is 5.92 Å². The van der Waals surface area contributed by atoms with E-state index in [2.05, 4.69) is 13.8 Å². The number of sulfonamides is 1. The summed E-state index contributed by atoms with van der Waals surface area (Å²) in [4.78, 5) is 0.121. The summed E-state index contributed by atoms with van der Waals surface area (Å²) in [5.74, 6) is 0.476. The lowest BCUT2D eigenvalue weighted by Gasteiger charge is -2.07. The van der Waals surface area contributed by atoms with Crippen molar-refractivity contribution in [1.82, 2.24) is 4.57 Å². The van der Waals surface area contributed by atoms with Gasteiger partial charge in [-0.2, -0.15) is 0 Å². The summed E-state index contributed by atoms with van der Waals surface area (Å²) in [6.45, 7) is 4.26. The van der Waals surface area contributed by atoms with Crippen molar-refractivity contribution in [3.63, 3.8) is 0 Å². The minimum absolute atomic E-state index is 0.121. The van der Waals surface area contributed by atoms with Crippen LogP contribution in [0.15, 0.2) is 47.6 Å². The molecule has 0 bridgehead atoms. The van der Waals surface area contributed by atoms with Crippen LogP contribution in [0.2, 0.25) is 0 Å². The van der Waals surface area contributed by atoms with Crippen molar-refractivity contribution in [2.75, 3.05) is 0 Å². The van der Waals surface area contributed by atoms with Crippen molar-refractivity contribution in [1.29, 1.82) is 0 Å². The van der Waals surface area contributed by atoms with E-state index in [9.17, 15) is 8.42 Å². The van der Waals surface area contributed by atoms with Crippen LogP contribution in [0.3, 0.4) is 0 Å². The van der Waals surface area contributed by atoms with Gasteiger partial charge < -0.3 is 4.57 Å². The third-order valence-corrected chi connectivity index (χ3v) is 3.75. The third-order valence-electron chi connectivity index (χ3n) is 2.85. The zero-order chi connectivity index (χ0) is 13.3. The van der Waals surface area contributed by atoms with E-state index in [1.54, 1.807) is 10.8 Å². The highest BCUT2D eigenvalue weighted by atomic mass is 32.2. The van der Waals surface area contributed by atoms with Crippen LogP contribution in [0, 0.1) is 0 Å². The van der Waals surface area contributed by atoms with Crippen molar-refractivity contribution < 1.29 is 8.42 Å². The van der Waals surface area contributed by atoms with Crippen molar-refractivity contribution in [3.05, 3.63) is 48.3 Å². The van der Waals surface area contributed by atoms with Gasteiger partial charge in [0.2, 0.25) is 10.0 Å². The predicted molar refractivity (Wildman–Crippen MR) is 71.2 cm³/mol. The van der Waals surface area contributed by atoms with Crippen LogP contribution in [-0.4, -0.2) is 13.0 Å². The molecule has 0 saturated carbocycles. The molecule has 0 radical (unpaired) electrons. The van der Waals surface area contributed by atoms with E-state index in [0.717, 1.165) is 5.69 Å². The molecule has 0 amide bonds. The first-order chi connectivity index (χ1) is 8.38. The summed E-state index contributed by atoms with van der Waals surface area (Å²) < 4.78 is 24.1. The van der Waals surface area contributed by atoms with Gasteiger partial charge >= 0.3 is 0 Å². The average molecular weight is 264 g/mol. The number of aromatic nitrogens is 1. The van der Waals surface area contributed by atoms with Gasteiger partial charge in [-0.3, -0.25) is 0 Å². The normalized spacial score (nSPS) is 12.0. The van der Waals surface area contributed by atoms with Crippen LogP contribution < -0.4 is 5.14 Å². The Labute approximate surface area is 107 Å². The summed E-state index contributed by atoms with van der Waals surface area (Å²) in [6.07, 6.45) is 3.20. The summed E-state index contributed by atoms with van der Waals surface area (Å²) in [5.41, 5.74) is 2.16. The fourth-order valence-electron chi connectivity index (χ4n) is 1.74.